The van der Waals surface area contributed by atoms with E-state index >= 15 is 0 Å². The van der Waals surface area contributed by atoms with Crippen molar-refractivity contribution in [2.24, 2.45) is 0 Å². The Bertz CT molecular complexity index is 814. The third-order valence-corrected chi connectivity index (χ3v) is 6.81. The van der Waals surface area contributed by atoms with Crippen LogP contribution >= 0.6 is 27.7 Å². The lowest BCUT2D eigenvalue weighted by atomic mass is 10.2. The lowest BCUT2D eigenvalue weighted by Crippen LogP contribution is -2.34. The van der Waals surface area contributed by atoms with Gasteiger partial charge in [0.25, 0.3) is 0 Å². The number of hydrogen-bond acceptors (Lipinski definition) is 4. The number of nitrogens with one attached hydrogen (secondary N) is 2. The number of carbonyl (C=O) groups excluding carboxylic acids is 1. The maximum atomic E-state index is 12.0. The molecule has 8 heteroatoms. The highest BCUT2D eigenvalue weighted by Gasteiger charge is 2.11. The van der Waals surface area contributed by atoms with Gasteiger partial charge in [-0.3, -0.25) is 4.79 Å². The molecule has 0 bridgehead atoms. The summed E-state index contributed by atoms with van der Waals surface area (Å²) in [6.07, 6.45) is 0.337. The standard InChI is InChI=1S/C18H21BrN2O3S2/c19-16-8-4-5-9-17(16)25-12-10-18(22)20-11-13-26(23,24)21-14-15-6-2-1-3-7-15/h1-9,21H,10-14H2,(H,20,22). The third-order valence-electron chi connectivity index (χ3n) is 3.46. The summed E-state index contributed by atoms with van der Waals surface area (Å²) in [5, 5.41) is 2.65. The van der Waals surface area contributed by atoms with Gasteiger partial charge in [-0.05, 0) is 33.6 Å². The molecule has 0 aromatic heterocycles. The van der Waals surface area contributed by atoms with Crippen molar-refractivity contribution < 1.29 is 13.2 Å². The van der Waals surface area contributed by atoms with E-state index in [1.54, 1.807) is 11.8 Å². The van der Waals surface area contributed by atoms with Crippen molar-refractivity contribution >= 4 is 43.6 Å². The molecule has 0 aliphatic carbocycles. The van der Waals surface area contributed by atoms with Gasteiger partial charge >= 0.3 is 0 Å². The van der Waals surface area contributed by atoms with Crippen LogP contribution in [0.25, 0.3) is 0 Å². The van der Waals surface area contributed by atoms with Crippen LogP contribution in [0, 0.1) is 0 Å². The predicted octanol–water partition coefficient (Wildman–Crippen LogP) is 3.17. The van der Waals surface area contributed by atoms with E-state index in [0.717, 1.165) is 14.9 Å². The second-order valence-electron chi connectivity index (χ2n) is 5.50. The van der Waals surface area contributed by atoms with E-state index in [1.165, 1.54) is 0 Å². The summed E-state index contributed by atoms with van der Waals surface area (Å²) in [6.45, 7) is 0.350. The molecule has 1 amide bonds. The maximum Gasteiger partial charge on any atom is 0.220 e. The van der Waals surface area contributed by atoms with Gasteiger partial charge in [0.05, 0.1) is 5.75 Å². The molecule has 2 N–H and O–H groups in total. The normalized spacial score (nSPS) is 11.3. The average Bonchev–Trinajstić information content (AvgIpc) is 2.62. The Morgan fingerprint density at radius 2 is 1.73 bits per heavy atom. The Hall–Kier alpha value is -1.35. The van der Waals surface area contributed by atoms with Gasteiger partial charge in [-0.25, -0.2) is 13.1 Å². The summed E-state index contributed by atoms with van der Waals surface area (Å²) >= 11 is 5.05. The highest BCUT2D eigenvalue weighted by molar-refractivity contribution is 9.10. The van der Waals surface area contributed by atoms with Crippen LogP contribution in [0.2, 0.25) is 0 Å². The SMILES string of the molecule is O=C(CCSc1ccccc1Br)NCCS(=O)(=O)NCc1ccccc1. The number of halogens is 1. The molecule has 2 aromatic carbocycles. The summed E-state index contributed by atoms with van der Waals surface area (Å²) in [5.74, 6) is 0.346. The molecule has 0 saturated carbocycles. The van der Waals surface area contributed by atoms with E-state index in [0.29, 0.717) is 12.2 Å². The van der Waals surface area contributed by atoms with Crippen molar-refractivity contribution in [3.63, 3.8) is 0 Å². The van der Waals surface area contributed by atoms with E-state index in [1.807, 2.05) is 54.6 Å². The predicted molar refractivity (Wildman–Crippen MR) is 110 cm³/mol. The smallest absolute Gasteiger partial charge is 0.220 e. The Labute approximate surface area is 167 Å². The largest absolute Gasteiger partial charge is 0.355 e. The Kier molecular flexibility index (Phi) is 8.64. The van der Waals surface area contributed by atoms with Crippen molar-refractivity contribution in [2.45, 2.75) is 17.9 Å². The van der Waals surface area contributed by atoms with Gasteiger partial charge in [0.1, 0.15) is 0 Å². The van der Waals surface area contributed by atoms with Crippen molar-refractivity contribution in [3.8, 4) is 0 Å². The number of rotatable bonds is 10. The molecule has 0 radical (unpaired) electrons. The minimum Gasteiger partial charge on any atom is -0.355 e. The number of hydrogen-bond donors (Lipinski definition) is 2. The minimum atomic E-state index is -3.42. The molecule has 140 valence electrons. The quantitative estimate of drug-likeness (QED) is 0.538. The lowest BCUT2D eigenvalue weighted by molar-refractivity contribution is -0.120. The fraction of sp³-hybridized carbons (Fsp3) is 0.278. The molecule has 5 nitrogen and oxygen atoms in total. The molecule has 0 aliphatic heterocycles. The van der Waals surface area contributed by atoms with Crippen LogP contribution < -0.4 is 10.0 Å². The van der Waals surface area contributed by atoms with Gasteiger partial charge in [-0.1, -0.05) is 42.5 Å². The summed E-state index contributed by atoms with van der Waals surface area (Å²) in [5.41, 5.74) is 0.893. The first-order valence-corrected chi connectivity index (χ1v) is 11.5. The third kappa shape index (κ3) is 7.90. The highest BCUT2D eigenvalue weighted by Crippen LogP contribution is 2.27. The molecule has 0 heterocycles. The molecular weight excluding hydrogens is 436 g/mol. The first-order valence-electron chi connectivity index (χ1n) is 8.11. The monoisotopic (exact) mass is 456 g/mol. The number of carbonyl (C=O) groups is 1. The zero-order chi connectivity index (χ0) is 18.8. The molecule has 0 fully saturated rings. The lowest BCUT2D eigenvalue weighted by Gasteiger charge is -2.08. The van der Waals surface area contributed by atoms with E-state index in [-0.39, 0.29) is 24.7 Å². The Morgan fingerprint density at radius 1 is 1.04 bits per heavy atom. The van der Waals surface area contributed by atoms with Crippen LogP contribution in [0.5, 0.6) is 0 Å². The van der Waals surface area contributed by atoms with Gasteiger partial charge in [0.2, 0.25) is 15.9 Å². The molecule has 2 rings (SSSR count). The van der Waals surface area contributed by atoms with Crippen molar-refractivity contribution in [3.05, 3.63) is 64.6 Å². The van der Waals surface area contributed by atoms with Crippen LogP contribution in [0.4, 0.5) is 0 Å². The molecular formula is C18H21BrN2O3S2. The summed E-state index contributed by atoms with van der Waals surface area (Å²) in [6, 6.07) is 17.1. The highest BCUT2D eigenvalue weighted by atomic mass is 79.9. The maximum absolute atomic E-state index is 12.0. The van der Waals surface area contributed by atoms with Crippen LogP contribution in [0.3, 0.4) is 0 Å². The van der Waals surface area contributed by atoms with E-state index in [9.17, 15) is 13.2 Å². The number of sulfonamides is 1. The topological polar surface area (TPSA) is 75.3 Å². The van der Waals surface area contributed by atoms with E-state index < -0.39 is 10.0 Å². The van der Waals surface area contributed by atoms with Gasteiger partial charge in [-0.2, -0.15) is 0 Å². The van der Waals surface area contributed by atoms with E-state index in [4.69, 9.17) is 0 Å². The molecule has 0 atom stereocenters. The van der Waals surface area contributed by atoms with Crippen LogP contribution in [0.15, 0.2) is 64.0 Å². The van der Waals surface area contributed by atoms with Gasteiger partial charge in [0, 0.05) is 34.6 Å². The molecule has 0 spiro atoms. The molecule has 0 aliphatic rings. The first kappa shape index (κ1) is 21.0. The molecule has 0 saturated heterocycles. The molecule has 2 aromatic rings. The molecule has 26 heavy (non-hydrogen) atoms. The minimum absolute atomic E-state index is 0.0999. The van der Waals surface area contributed by atoms with E-state index in [2.05, 4.69) is 26.0 Å². The Morgan fingerprint density at radius 3 is 2.46 bits per heavy atom. The van der Waals surface area contributed by atoms with Crippen molar-refractivity contribution in [2.75, 3.05) is 18.1 Å². The molecule has 0 unspecified atom stereocenters. The number of thioether (sulfide) groups is 1. The van der Waals surface area contributed by atoms with Crippen LogP contribution in [0.1, 0.15) is 12.0 Å². The second kappa shape index (κ2) is 10.7. The van der Waals surface area contributed by atoms with Gasteiger partial charge in [-0.15, -0.1) is 11.8 Å². The first-order chi connectivity index (χ1) is 12.5. The zero-order valence-corrected chi connectivity index (χ0v) is 17.4. The number of benzene rings is 2. The van der Waals surface area contributed by atoms with Gasteiger partial charge in [0.15, 0.2) is 0 Å². The fourth-order valence-electron chi connectivity index (χ4n) is 2.09. The van der Waals surface area contributed by atoms with Crippen LogP contribution in [-0.4, -0.2) is 32.4 Å². The average molecular weight is 457 g/mol. The number of amides is 1. The fourth-order valence-corrected chi connectivity index (χ4v) is 4.51. The van der Waals surface area contributed by atoms with Crippen molar-refractivity contribution in [1.29, 1.82) is 0 Å². The van der Waals surface area contributed by atoms with Crippen LogP contribution in [-0.2, 0) is 21.4 Å². The summed E-state index contributed by atoms with van der Waals surface area (Å²) in [7, 11) is -3.42. The second-order valence-corrected chi connectivity index (χ2v) is 9.42. The summed E-state index contributed by atoms with van der Waals surface area (Å²) in [4.78, 5) is 12.9. The zero-order valence-electron chi connectivity index (χ0n) is 14.2. The summed E-state index contributed by atoms with van der Waals surface area (Å²) < 4.78 is 27.4. The van der Waals surface area contributed by atoms with Crippen molar-refractivity contribution in [1.82, 2.24) is 10.0 Å². The Balaban J connectivity index is 1.63. The van der Waals surface area contributed by atoms with Gasteiger partial charge < -0.3 is 5.32 Å².